The number of anilines is 1. The number of amides is 1. The first-order valence-corrected chi connectivity index (χ1v) is 5.28. The molecule has 0 bridgehead atoms. The number of carbonyl (C=O) groups is 1. The van der Waals surface area contributed by atoms with E-state index in [0.717, 1.165) is 12.8 Å². The summed E-state index contributed by atoms with van der Waals surface area (Å²) >= 11 is 1.26. The second kappa shape index (κ2) is 3.20. The summed E-state index contributed by atoms with van der Waals surface area (Å²) in [6.07, 6.45) is 2.10. The summed E-state index contributed by atoms with van der Waals surface area (Å²) in [6, 6.07) is 0. The third kappa shape index (κ3) is 1.84. The second-order valence-corrected chi connectivity index (χ2v) is 4.65. The van der Waals surface area contributed by atoms with E-state index in [1.54, 1.807) is 7.05 Å². The lowest BCUT2D eigenvalue weighted by atomic mass is 10.3. The molecule has 0 atom stereocenters. The van der Waals surface area contributed by atoms with E-state index in [1.165, 1.54) is 11.3 Å². The smallest absolute Gasteiger partial charge is 0.282 e. The molecular weight excluding hydrogens is 200 g/mol. The normalized spacial score (nSPS) is 17.6. The van der Waals surface area contributed by atoms with Gasteiger partial charge in [-0.05, 0) is 19.8 Å². The van der Waals surface area contributed by atoms with Gasteiger partial charge in [-0.15, -0.1) is 10.2 Å². The molecule has 2 N–H and O–H groups in total. The van der Waals surface area contributed by atoms with Gasteiger partial charge in [-0.2, -0.15) is 0 Å². The van der Waals surface area contributed by atoms with Gasteiger partial charge in [-0.25, -0.2) is 0 Å². The van der Waals surface area contributed by atoms with E-state index in [9.17, 15) is 4.79 Å². The van der Waals surface area contributed by atoms with Crippen LogP contribution in [-0.4, -0.2) is 28.7 Å². The average Bonchev–Trinajstić information content (AvgIpc) is 2.71. The summed E-state index contributed by atoms with van der Waals surface area (Å²) in [5.74, 6) is -0.121. The Morgan fingerprint density at radius 3 is 2.71 bits per heavy atom. The van der Waals surface area contributed by atoms with Crippen molar-refractivity contribution in [1.29, 1.82) is 0 Å². The molecule has 1 saturated carbocycles. The average molecular weight is 212 g/mol. The Kier molecular flexibility index (Phi) is 2.14. The molecule has 0 unspecified atom stereocenters. The summed E-state index contributed by atoms with van der Waals surface area (Å²) in [6.45, 7) is 2.03. The molecule has 0 spiro atoms. The molecule has 0 aromatic carbocycles. The van der Waals surface area contributed by atoms with E-state index in [-0.39, 0.29) is 11.4 Å². The lowest BCUT2D eigenvalue weighted by molar-refractivity contribution is 0.0934. The third-order valence-electron chi connectivity index (χ3n) is 2.25. The van der Waals surface area contributed by atoms with Crippen molar-refractivity contribution in [2.75, 3.05) is 12.4 Å². The van der Waals surface area contributed by atoms with E-state index in [0.29, 0.717) is 10.1 Å². The summed E-state index contributed by atoms with van der Waals surface area (Å²) in [4.78, 5) is 11.6. The largest absolute Gasteiger partial charge is 0.363 e. The Balaban J connectivity index is 2.03. The van der Waals surface area contributed by atoms with Crippen molar-refractivity contribution in [2.45, 2.75) is 25.3 Å². The fourth-order valence-corrected chi connectivity index (χ4v) is 1.65. The van der Waals surface area contributed by atoms with Gasteiger partial charge in [0.1, 0.15) is 0 Å². The third-order valence-corrected chi connectivity index (χ3v) is 3.19. The van der Waals surface area contributed by atoms with Gasteiger partial charge < -0.3 is 10.6 Å². The van der Waals surface area contributed by atoms with E-state index < -0.39 is 0 Å². The van der Waals surface area contributed by atoms with Gasteiger partial charge in [0.15, 0.2) is 0 Å². The van der Waals surface area contributed by atoms with E-state index >= 15 is 0 Å². The highest BCUT2D eigenvalue weighted by Crippen LogP contribution is 2.34. The molecule has 1 fully saturated rings. The van der Waals surface area contributed by atoms with Crippen LogP contribution >= 0.6 is 11.3 Å². The first-order valence-electron chi connectivity index (χ1n) is 4.47. The van der Waals surface area contributed by atoms with Crippen LogP contribution in [0.1, 0.15) is 29.6 Å². The molecule has 1 aliphatic rings. The molecule has 0 aliphatic heterocycles. The van der Waals surface area contributed by atoms with Crippen LogP contribution in [0.4, 0.5) is 5.13 Å². The Morgan fingerprint density at radius 2 is 2.21 bits per heavy atom. The first-order chi connectivity index (χ1) is 6.63. The second-order valence-electron chi connectivity index (χ2n) is 3.68. The molecule has 6 heteroatoms. The highest BCUT2D eigenvalue weighted by Gasteiger charge is 2.39. The van der Waals surface area contributed by atoms with E-state index in [4.69, 9.17) is 0 Å². The minimum Gasteiger partial charge on any atom is -0.363 e. The fraction of sp³-hybridized carbons (Fsp3) is 0.625. The zero-order valence-electron chi connectivity index (χ0n) is 8.13. The van der Waals surface area contributed by atoms with Gasteiger partial charge in [0.05, 0.1) is 0 Å². The molecule has 2 rings (SSSR count). The Labute approximate surface area is 85.9 Å². The summed E-state index contributed by atoms with van der Waals surface area (Å²) in [5, 5.41) is 14.4. The predicted octanol–water partition coefficient (Wildman–Crippen LogP) is 0.862. The molecule has 5 nitrogen and oxygen atoms in total. The summed E-state index contributed by atoms with van der Waals surface area (Å²) in [7, 11) is 1.75. The Morgan fingerprint density at radius 1 is 1.50 bits per heavy atom. The zero-order chi connectivity index (χ0) is 10.2. The van der Waals surface area contributed by atoms with Crippen molar-refractivity contribution in [3.05, 3.63) is 5.01 Å². The van der Waals surface area contributed by atoms with Gasteiger partial charge in [0.25, 0.3) is 5.91 Å². The van der Waals surface area contributed by atoms with Crippen molar-refractivity contribution in [3.63, 3.8) is 0 Å². The lowest BCUT2D eigenvalue weighted by Gasteiger charge is -2.08. The molecule has 14 heavy (non-hydrogen) atoms. The molecule has 1 amide bonds. The predicted molar refractivity (Wildman–Crippen MR) is 54.6 cm³/mol. The number of nitrogens with one attached hydrogen (secondary N) is 2. The number of hydrogen-bond acceptors (Lipinski definition) is 5. The topological polar surface area (TPSA) is 66.9 Å². The first kappa shape index (κ1) is 9.39. The number of aromatic nitrogens is 2. The van der Waals surface area contributed by atoms with Gasteiger partial charge >= 0.3 is 0 Å². The van der Waals surface area contributed by atoms with Crippen LogP contribution in [0.5, 0.6) is 0 Å². The lowest BCUT2D eigenvalue weighted by Crippen LogP contribution is -2.34. The molecule has 1 aromatic rings. The van der Waals surface area contributed by atoms with Crippen LogP contribution in [0, 0.1) is 0 Å². The van der Waals surface area contributed by atoms with Crippen LogP contribution in [0.2, 0.25) is 0 Å². The molecule has 76 valence electrons. The Hall–Kier alpha value is -1.17. The highest BCUT2D eigenvalue weighted by atomic mass is 32.1. The van der Waals surface area contributed by atoms with Crippen LogP contribution in [0.3, 0.4) is 0 Å². The van der Waals surface area contributed by atoms with Gasteiger partial charge in [0, 0.05) is 12.6 Å². The van der Waals surface area contributed by atoms with Crippen molar-refractivity contribution >= 4 is 22.4 Å². The van der Waals surface area contributed by atoms with Crippen molar-refractivity contribution < 1.29 is 4.79 Å². The maximum atomic E-state index is 11.6. The molecule has 1 heterocycles. The van der Waals surface area contributed by atoms with Crippen LogP contribution < -0.4 is 10.6 Å². The number of rotatable bonds is 3. The van der Waals surface area contributed by atoms with E-state index in [1.807, 2.05) is 6.92 Å². The molecule has 0 saturated heterocycles. The SMILES string of the molecule is CNc1nnc(C(=O)NC2(C)CC2)s1. The summed E-state index contributed by atoms with van der Waals surface area (Å²) in [5.41, 5.74) is 0.00254. The van der Waals surface area contributed by atoms with Gasteiger partial charge in [-0.3, -0.25) is 4.79 Å². The van der Waals surface area contributed by atoms with Crippen molar-refractivity contribution in [2.24, 2.45) is 0 Å². The minimum atomic E-state index is -0.121. The minimum absolute atomic E-state index is 0.00254. The van der Waals surface area contributed by atoms with Crippen molar-refractivity contribution in [3.8, 4) is 0 Å². The van der Waals surface area contributed by atoms with Crippen molar-refractivity contribution in [1.82, 2.24) is 15.5 Å². The molecule has 0 radical (unpaired) electrons. The maximum absolute atomic E-state index is 11.6. The molecule has 1 aliphatic carbocycles. The van der Waals surface area contributed by atoms with Crippen LogP contribution in [-0.2, 0) is 0 Å². The molecule has 1 aromatic heterocycles. The Bertz CT molecular complexity index is 358. The quantitative estimate of drug-likeness (QED) is 0.780. The van der Waals surface area contributed by atoms with Gasteiger partial charge in [-0.1, -0.05) is 11.3 Å². The standard InChI is InChI=1S/C8H12N4OS/c1-8(3-4-8)10-5(13)6-11-12-7(9-2)14-6/h3-4H2,1-2H3,(H,9,12)(H,10,13). The van der Waals surface area contributed by atoms with E-state index in [2.05, 4.69) is 20.8 Å². The monoisotopic (exact) mass is 212 g/mol. The highest BCUT2D eigenvalue weighted by molar-refractivity contribution is 7.17. The number of hydrogen-bond donors (Lipinski definition) is 2. The van der Waals surface area contributed by atoms with Crippen LogP contribution in [0.15, 0.2) is 0 Å². The fourth-order valence-electron chi connectivity index (χ4n) is 1.06. The zero-order valence-corrected chi connectivity index (χ0v) is 8.94. The maximum Gasteiger partial charge on any atom is 0.282 e. The van der Waals surface area contributed by atoms with Gasteiger partial charge in [0.2, 0.25) is 10.1 Å². The summed E-state index contributed by atoms with van der Waals surface area (Å²) < 4.78 is 0. The number of carbonyl (C=O) groups excluding carboxylic acids is 1. The molecular formula is C8H12N4OS. The van der Waals surface area contributed by atoms with Crippen LogP contribution in [0.25, 0.3) is 0 Å². The number of nitrogens with zero attached hydrogens (tertiary/aromatic N) is 2.